The molecular weight excluding hydrogens is 313 g/mol. The van der Waals surface area contributed by atoms with Crippen molar-refractivity contribution in [3.63, 3.8) is 0 Å². The molecule has 1 fully saturated rings. The van der Waals surface area contributed by atoms with Gasteiger partial charge in [0.25, 0.3) is 0 Å². The van der Waals surface area contributed by atoms with Gasteiger partial charge in [0.1, 0.15) is 5.69 Å². The monoisotopic (exact) mass is 322 g/mol. The van der Waals surface area contributed by atoms with Crippen LogP contribution in [0.15, 0.2) is 18.3 Å². The third kappa shape index (κ3) is 2.66. The second-order valence-electron chi connectivity index (χ2n) is 4.13. The predicted octanol–water partition coefficient (Wildman–Crippen LogP) is 2.85. The van der Waals surface area contributed by atoms with Crippen molar-refractivity contribution in [1.82, 2.24) is 4.98 Å². The van der Waals surface area contributed by atoms with Crippen molar-refractivity contribution >= 4 is 27.5 Å². The van der Waals surface area contributed by atoms with Crippen LogP contribution in [0.2, 0.25) is 0 Å². The zero-order valence-corrected chi connectivity index (χ0v) is 10.8. The molecule has 1 atom stereocenters. The van der Waals surface area contributed by atoms with Gasteiger partial charge >= 0.3 is 6.18 Å². The van der Waals surface area contributed by atoms with E-state index in [1.165, 1.54) is 11.0 Å². The molecule has 1 aliphatic heterocycles. The Balaban J connectivity index is 2.27. The molecule has 1 aromatic heterocycles. The number of aromatic nitrogens is 1. The number of pyridine rings is 1. The third-order valence-electron chi connectivity index (χ3n) is 2.77. The molecule has 18 heavy (non-hydrogen) atoms. The van der Waals surface area contributed by atoms with E-state index in [1.807, 2.05) is 0 Å². The van der Waals surface area contributed by atoms with Crippen LogP contribution in [-0.4, -0.2) is 22.8 Å². The highest BCUT2D eigenvalue weighted by Gasteiger charge is 2.35. The fourth-order valence-electron chi connectivity index (χ4n) is 1.88. The molecule has 1 saturated heterocycles. The average Bonchev–Trinajstić information content (AvgIpc) is 2.70. The van der Waals surface area contributed by atoms with Crippen LogP contribution in [0.4, 0.5) is 18.9 Å². The van der Waals surface area contributed by atoms with E-state index in [9.17, 15) is 18.0 Å². The van der Waals surface area contributed by atoms with Crippen molar-refractivity contribution in [1.29, 1.82) is 0 Å². The van der Waals surface area contributed by atoms with Gasteiger partial charge in [0.2, 0.25) is 5.91 Å². The second kappa shape index (κ2) is 4.87. The third-order valence-corrected chi connectivity index (χ3v) is 3.68. The minimum atomic E-state index is -4.49. The fourth-order valence-corrected chi connectivity index (χ4v) is 2.31. The summed E-state index contributed by atoms with van der Waals surface area (Å²) in [5.74, 6) is -0.0150. The lowest BCUT2D eigenvalue weighted by atomic mass is 10.2. The van der Waals surface area contributed by atoms with Crippen LogP contribution >= 0.6 is 15.9 Å². The molecule has 1 amide bonds. The lowest BCUT2D eigenvalue weighted by Gasteiger charge is -2.17. The van der Waals surface area contributed by atoms with Crippen LogP contribution in [0.5, 0.6) is 0 Å². The summed E-state index contributed by atoms with van der Waals surface area (Å²) in [7, 11) is 0. The normalized spacial score (nSPS) is 20.6. The summed E-state index contributed by atoms with van der Waals surface area (Å²) in [5, 5.41) is 0.659. The summed E-state index contributed by atoms with van der Waals surface area (Å²) >= 11 is 3.28. The number of alkyl halides is 4. The van der Waals surface area contributed by atoms with E-state index in [0.717, 1.165) is 12.3 Å². The van der Waals surface area contributed by atoms with Gasteiger partial charge < -0.3 is 4.90 Å². The number of anilines is 1. The first-order valence-corrected chi connectivity index (χ1v) is 6.43. The maximum atomic E-state index is 12.5. The number of hydrogen-bond donors (Lipinski definition) is 0. The van der Waals surface area contributed by atoms with Gasteiger partial charge in [-0.25, -0.2) is 0 Å². The number of rotatable bonds is 2. The Bertz CT molecular complexity index is 464. The van der Waals surface area contributed by atoms with Gasteiger partial charge in [-0.15, -0.1) is 0 Å². The molecule has 0 aromatic carbocycles. The maximum absolute atomic E-state index is 12.5. The number of nitrogens with zero attached hydrogens (tertiary/aromatic N) is 2. The first-order valence-electron chi connectivity index (χ1n) is 5.31. The topological polar surface area (TPSA) is 33.2 Å². The number of halogens is 4. The molecule has 2 rings (SSSR count). The molecule has 1 aliphatic rings. The molecule has 1 unspecified atom stereocenters. The highest BCUT2D eigenvalue weighted by molar-refractivity contribution is 9.09. The lowest BCUT2D eigenvalue weighted by Crippen LogP contribution is -2.25. The zero-order valence-electron chi connectivity index (χ0n) is 9.25. The summed E-state index contributed by atoms with van der Waals surface area (Å²) in [5.41, 5.74) is -0.721. The summed E-state index contributed by atoms with van der Waals surface area (Å²) in [6, 6.07) is 2.33. The van der Waals surface area contributed by atoms with Crippen molar-refractivity contribution in [2.24, 2.45) is 5.92 Å². The highest BCUT2D eigenvalue weighted by Crippen LogP contribution is 2.32. The van der Waals surface area contributed by atoms with Crippen molar-refractivity contribution in [2.75, 3.05) is 16.8 Å². The van der Waals surface area contributed by atoms with Crippen LogP contribution in [-0.2, 0) is 11.0 Å². The summed E-state index contributed by atoms with van der Waals surface area (Å²) in [6.45, 7) is 0.436. The maximum Gasteiger partial charge on any atom is 0.433 e. The largest absolute Gasteiger partial charge is 0.433 e. The van der Waals surface area contributed by atoms with Gasteiger partial charge in [-0.2, -0.15) is 13.2 Å². The van der Waals surface area contributed by atoms with E-state index < -0.39 is 11.9 Å². The molecule has 0 aliphatic carbocycles. The second-order valence-corrected chi connectivity index (χ2v) is 4.77. The number of carbonyl (C=O) groups excluding carboxylic acids is 1. The lowest BCUT2D eigenvalue weighted by molar-refractivity contribution is -0.141. The standard InChI is InChI=1S/C11H10BrF3N2O/c12-5-7-3-10(18)17(6-7)8-1-2-16-9(4-8)11(13,14)15/h1-2,4,7H,3,5-6H2. The molecule has 0 radical (unpaired) electrons. The van der Waals surface area contributed by atoms with Crippen LogP contribution in [0.1, 0.15) is 12.1 Å². The Morgan fingerprint density at radius 2 is 2.22 bits per heavy atom. The van der Waals surface area contributed by atoms with Crippen LogP contribution in [0.25, 0.3) is 0 Å². The van der Waals surface area contributed by atoms with Crippen molar-refractivity contribution in [2.45, 2.75) is 12.6 Å². The Hall–Kier alpha value is -1.11. The summed E-state index contributed by atoms with van der Waals surface area (Å²) in [4.78, 5) is 16.4. The fraction of sp³-hybridized carbons (Fsp3) is 0.455. The first-order chi connectivity index (χ1) is 8.41. The quantitative estimate of drug-likeness (QED) is 0.784. The molecule has 7 heteroatoms. The SMILES string of the molecule is O=C1CC(CBr)CN1c1ccnc(C(F)(F)F)c1. The van der Waals surface area contributed by atoms with Crippen molar-refractivity contribution in [3.8, 4) is 0 Å². The molecule has 0 spiro atoms. The van der Waals surface area contributed by atoms with E-state index >= 15 is 0 Å². The van der Waals surface area contributed by atoms with Crippen LogP contribution < -0.4 is 4.90 Å². The molecule has 0 bridgehead atoms. The molecule has 0 N–H and O–H groups in total. The van der Waals surface area contributed by atoms with E-state index in [-0.39, 0.29) is 17.5 Å². The predicted molar refractivity (Wildman–Crippen MR) is 63.5 cm³/mol. The van der Waals surface area contributed by atoms with E-state index in [0.29, 0.717) is 18.3 Å². The molecule has 2 heterocycles. The van der Waals surface area contributed by atoms with Crippen LogP contribution in [0, 0.1) is 5.92 Å². The van der Waals surface area contributed by atoms with Crippen LogP contribution in [0.3, 0.4) is 0 Å². The molecule has 1 aromatic rings. The smallest absolute Gasteiger partial charge is 0.312 e. The number of amides is 1. The number of carbonyl (C=O) groups is 1. The van der Waals surface area contributed by atoms with E-state index in [4.69, 9.17) is 0 Å². The Morgan fingerprint density at radius 3 is 2.78 bits per heavy atom. The van der Waals surface area contributed by atoms with Gasteiger partial charge in [0.15, 0.2) is 0 Å². The Labute approximate surface area is 110 Å². The van der Waals surface area contributed by atoms with Gasteiger partial charge in [0.05, 0.1) is 0 Å². The van der Waals surface area contributed by atoms with Gasteiger partial charge in [-0.3, -0.25) is 9.78 Å². The average molecular weight is 323 g/mol. The van der Waals surface area contributed by atoms with Crippen molar-refractivity contribution < 1.29 is 18.0 Å². The van der Waals surface area contributed by atoms with E-state index in [1.54, 1.807) is 0 Å². The minimum absolute atomic E-state index is 0.139. The molecule has 3 nitrogen and oxygen atoms in total. The summed E-state index contributed by atoms with van der Waals surface area (Å²) in [6.07, 6.45) is -3.06. The van der Waals surface area contributed by atoms with Gasteiger partial charge in [-0.1, -0.05) is 15.9 Å². The van der Waals surface area contributed by atoms with Crippen molar-refractivity contribution in [3.05, 3.63) is 24.0 Å². The molecular formula is C11H10BrF3N2O. The zero-order chi connectivity index (χ0) is 13.3. The molecule has 98 valence electrons. The first kappa shape index (κ1) is 13.3. The Morgan fingerprint density at radius 1 is 1.50 bits per heavy atom. The van der Waals surface area contributed by atoms with E-state index in [2.05, 4.69) is 20.9 Å². The highest BCUT2D eigenvalue weighted by atomic mass is 79.9. The minimum Gasteiger partial charge on any atom is -0.312 e. The van der Waals surface area contributed by atoms with Gasteiger partial charge in [0, 0.05) is 30.2 Å². The Kier molecular flexibility index (Phi) is 3.61. The molecule has 0 saturated carbocycles. The number of hydrogen-bond acceptors (Lipinski definition) is 2. The summed E-state index contributed by atoms with van der Waals surface area (Å²) < 4.78 is 37.6. The van der Waals surface area contributed by atoms with Gasteiger partial charge in [-0.05, 0) is 18.1 Å².